The topological polar surface area (TPSA) is 89.2 Å². The highest BCUT2D eigenvalue weighted by molar-refractivity contribution is 5.49. The molecule has 120 valence electrons. The largest absolute Gasteiger partial charge is 0.379 e. The van der Waals surface area contributed by atoms with Crippen LogP contribution in [0.2, 0.25) is 0 Å². The minimum Gasteiger partial charge on any atom is -0.379 e. The van der Waals surface area contributed by atoms with Crippen LogP contribution in [0.25, 0.3) is 0 Å². The highest BCUT2D eigenvalue weighted by atomic mass is 16.6. The minimum atomic E-state index is 0.431. The Balaban J connectivity index is 2.90. The summed E-state index contributed by atoms with van der Waals surface area (Å²) in [4.78, 5) is 10.0. The lowest BCUT2D eigenvalue weighted by Crippen LogP contribution is -2.14. The van der Waals surface area contributed by atoms with E-state index in [2.05, 4.69) is 0 Å². The summed E-state index contributed by atoms with van der Waals surface area (Å²) in [5.41, 5.74) is 5.27. The maximum Gasteiger partial charge on any atom is 0.122 e. The van der Waals surface area contributed by atoms with Crippen LogP contribution in [-0.2, 0) is 28.5 Å². The number of aldehydes is 1. The van der Waals surface area contributed by atoms with E-state index in [0.717, 1.165) is 6.29 Å². The molecular weight excluding hydrogens is 266 g/mol. The Hall–Kier alpha value is -0.570. The molecule has 0 aromatic rings. The van der Waals surface area contributed by atoms with Gasteiger partial charge in [-0.15, -0.1) is 0 Å². The van der Waals surface area contributed by atoms with Gasteiger partial charge in [-0.1, -0.05) is 0 Å². The van der Waals surface area contributed by atoms with E-state index in [1.807, 2.05) is 0 Å². The molecule has 0 aliphatic carbocycles. The van der Waals surface area contributed by atoms with Crippen molar-refractivity contribution < 1.29 is 28.5 Å². The Kier molecular flexibility index (Phi) is 17.9. The molecule has 2 N–H and O–H groups in total. The van der Waals surface area contributed by atoms with Gasteiger partial charge in [-0.05, 0) is 0 Å². The fourth-order valence-corrected chi connectivity index (χ4v) is 1.20. The fourth-order valence-electron chi connectivity index (χ4n) is 1.20. The number of ether oxygens (including phenoxy) is 5. The zero-order valence-corrected chi connectivity index (χ0v) is 12.1. The molecule has 0 amide bonds. The van der Waals surface area contributed by atoms with E-state index in [1.54, 1.807) is 0 Å². The molecule has 0 spiro atoms. The van der Waals surface area contributed by atoms with Crippen LogP contribution < -0.4 is 5.73 Å². The predicted molar refractivity (Wildman–Crippen MR) is 73.8 cm³/mol. The van der Waals surface area contributed by atoms with E-state index >= 15 is 0 Å². The minimum absolute atomic E-state index is 0.431. The van der Waals surface area contributed by atoms with Crippen LogP contribution >= 0.6 is 0 Å². The molecule has 0 atom stereocenters. The average Bonchev–Trinajstić information content (AvgIpc) is 2.47. The summed E-state index contributed by atoms with van der Waals surface area (Å²) in [6.07, 6.45) is 1.27. The first-order valence-electron chi connectivity index (χ1n) is 6.94. The number of carbonyl (C=O) groups excluding carboxylic acids is 1. The number of rotatable bonds is 17. The summed E-state index contributed by atoms with van der Waals surface area (Å²) in [7, 11) is 0. The van der Waals surface area contributed by atoms with E-state index in [4.69, 9.17) is 29.4 Å². The monoisotopic (exact) mass is 293 g/mol. The summed E-state index contributed by atoms with van der Waals surface area (Å²) >= 11 is 0. The van der Waals surface area contributed by atoms with Crippen LogP contribution in [0.15, 0.2) is 0 Å². The van der Waals surface area contributed by atoms with Crippen molar-refractivity contribution in [2.45, 2.75) is 6.42 Å². The summed E-state index contributed by atoms with van der Waals surface area (Å²) in [6.45, 7) is 5.81. The molecule has 0 aromatic heterocycles. The van der Waals surface area contributed by atoms with Gasteiger partial charge in [0.25, 0.3) is 0 Å². The normalized spacial score (nSPS) is 10.8. The number of nitrogens with two attached hydrogens (primary N) is 1. The summed E-state index contributed by atoms with van der Waals surface area (Å²) in [6, 6.07) is 0. The first-order chi connectivity index (χ1) is 9.91. The van der Waals surface area contributed by atoms with Gasteiger partial charge >= 0.3 is 0 Å². The van der Waals surface area contributed by atoms with Crippen LogP contribution in [0.3, 0.4) is 0 Å². The summed E-state index contributed by atoms with van der Waals surface area (Å²) < 4.78 is 26.2. The molecule has 0 radical (unpaired) electrons. The van der Waals surface area contributed by atoms with Crippen LogP contribution in [0.1, 0.15) is 6.42 Å². The van der Waals surface area contributed by atoms with Crippen molar-refractivity contribution in [3.05, 3.63) is 0 Å². The molecule has 0 aliphatic heterocycles. The second kappa shape index (κ2) is 18.4. The zero-order chi connectivity index (χ0) is 14.7. The average molecular weight is 293 g/mol. The second-order valence-corrected chi connectivity index (χ2v) is 3.81. The molecule has 0 aliphatic rings. The van der Waals surface area contributed by atoms with Gasteiger partial charge in [-0.3, -0.25) is 0 Å². The molecule has 7 heteroatoms. The molecule has 7 nitrogen and oxygen atoms in total. The molecular formula is C13H27NO6. The van der Waals surface area contributed by atoms with Gasteiger partial charge in [0.05, 0.1) is 66.1 Å². The Labute approximate surface area is 120 Å². The highest BCUT2D eigenvalue weighted by Gasteiger charge is 1.93. The van der Waals surface area contributed by atoms with Gasteiger partial charge in [0.15, 0.2) is 0 Å². The van der Waals surface area contributed by atoms with Gasteiger partial charge in [-0.25, -0.2) is 0 Å². The Morgan fingerprint density at radius 3 is 1.30 bits per heavy atom. The lowest BCUT2D eigenvalue weighted by Gasteiger charge is -2.07. The van der Waals surface area contributed by atoms with Gasteiger partial charge in [0, 0.05) is 13.0 Å². The van der Waals surface area contributed by atoms with Crippen LogP contribution in [-0.4, -0.2) is 78.9 Å². The molecule has 0 rings (SSSR count). The third kappa shape index (κ3) is 17.4. The molecule has 0 fully saturated rings. The Morgan fingerprint density at radius 1 is 0.600 bits per heavy atom. The molecule has 0 aromatic carbocycles. The smallest absolute Gasteiger partial charge is 0.122 e. The van der Waals surface area contributed by atoms with Gasteiger partial charge in [-0.2, -0.15) is 0 Å². The van der Waals surface area contributed by atoms with E-state index in [9.17, 15) is 4.79 Å². The van der Waals surface area contributed by atoms with Crippen molar-refractivity contribution in [2.75, 3.05) is 72.6 Å². The summed E-state index contributed by atoms with van der Waals surface area (Å²) in [5, 5.41) is 0. The molecule has 20 heavy (non-hydrogen) atoms. The Bertz CT molecular complexity index is 194. The third-order valence-electron chi connectivity index (χ3n) is 2.13. The third-order valence-corrected chi connectivity index (χ3v) is 2.13. The number of hydrogen-bond acceptors (Lipinski definition) is 7. The quantitative estimate of drug-likeness (QED) is 0.289. The van der Waals surface area contributed by atoms with E-state index in [0.29, 0.717) is 79.0 Å². The predicted octanol–water partition coefficient (Wildman–Crippen LogP) is -0.383. The SMILES string of the molecule is NCCOCCOCCOCCOCCOCCC=O. The lowest BCUT2D eigenvalue weighted by atomic mass is 10.5. The standard InChI is InChI=1S/C13H27NO6/c14-2-5-17-7-9-19-11-13-20-12-10-18-8-6-16-4-1-3-15/h3H,1-2,4-14H2. The molecule has 0 unspecified atom stereocenters. The molecule has 0 saturated heterocycles. The molecule has 0 bridgehead atoms. The van der Waals surface area contributed by atoms with E-state index in [-0.39, 0.29) is 0 Å². The molecule has 0 heterocycles. The highest BCUT2D eigenvalue weighted by Crippen LogP contribution is 1.84. The fraction of sp³-hybridized carbons (Fsp3) is 0.923. The maximum atomic E-state index is 10.0. The first-order valence-corrected chi connectivity index (χ1v) is 6.94. The Morgan fingerprint density at radius 2 is 0.950 bits per heavy atom. The number of hydrogen-bond donors (Lipinski definition) is 1. The van der Waals surface area contributed by atoms with Crippen molar-refractivity contribution in [2.24, 2.45) is 5.73 Å². The second-order valence-electron chi connectivity index (χ2n) is 3.81. The van der Waals surface area contributed by atoms with Gasteiger partial charge < -0.3 is 34.2 Å². The van der Waals surface area contributed by atoms with Crippen molar-refractivity contribution in [3.8, 4) is 0 Å². The number of carbonyl (C=O) groups is 1. The van der Waals surface area contributed by atoms with E-state index in [1.165, 1.54) is 0 Å². The van der Waals surface area contributed by atoms with Crippen LogP contribution in [0, 0.1) is 0 Å². The zero-order valence-electron chi connectivity index (χ0n) is 12.1. The van der Waals surface area contributed by atoms with Crippen LogP contribution in [0.5, 0.6) is 0 Å². The van der Waals surface area contributed by atoms with Gasteiger partial charge in [0.2, 0.25) is 0 Å². The summed E-state index contributed by atoms with van der Waals surface area (Å²) in [5.74, 6) is 0. The van der Waals surface area contributed by atoms with Crippen molar-refractivity contribution in [1.82, 2.24) is 0 Å². The first kappa shape index (κ1) is 19.4. The van der Waals surface area contributed by atoms with Gasteiger partial charge in [0.1, 0.15) is 6.29 Å². The van der Waals surface area contributed by atoms with Crippen molar-refractivity contribution in [3.63, 3.8) is 0 Å². The molecule has 0 saturated carbocycles. The van der Waals surface area contributed by atoms with Crippen LogP contribution in [0.4, 0.5) is 0 Å². The van der Waals surface area contributed by atoms with Crippen molar-refractivity contribution in [1.29, 1.82) is 0 Å². The maximum absolute atomic E-state index is 10.0. The van der Waals surface area contributed by atoms with Crippen molar-refractivity contribution >= 4 is 6.29 Å². The lowest BCUT2D eigenvalue weighted by molar-refractivity contribution is -0.108. The van der Waals surface area contributed by atoms with E-state index < -0.39 is 0 Å².